The molecule has 3 N–H and O–H groups in total. The van der Waals surface area contributed by atoms with Gasteiger partial charge in [0.2, 0.25) is 0 Å². The zero-order chi connectivity index (χ0) is 23.1. The first-order valence-electron chi connectivity index (χ1n) is 9.95. The van der Waals surface area contributed by atoms with Crippen molar-refractivity contribution in [3.05, 3.63) is 55.2 Å². The van der Waals surface area contributed by atoms with E-state index in [0.717, 1.165) is 6.42 Å². The average molecular weight is 433 g/mol. The molecule has 1 aromatic carbocycles. The van der Waals surface area contributed by atoms with Gasteiger partial charge in [0, 0.05) is 25.2 Å². The minimum absolute atomic E-state index is 0.0813. The number of hydrogen-bond acceptors (Lipinski definition) is 7. The van der Waals surface area contributed by atoms with E-state index in [1.807, 2.05) is 20.8 Å². The van der Waals surface area contributed by atoms with Crippen molar-refractivity contribution in [2.24, 2.45) is 5.92 Å². The molecule has 0 spiro atoms. The molecular formula is C20H27N5O6. The molecule has 0 fully saturated rings. The molecule has 11 heteroatoms. The second-order valence-corrected chi connectivity index (χ2v) is 7.44. The number of anilines is 2. The summed E-state index contributed by atoms with van der Waals surface area (Å²) in [5, 5.41) is 10.7. The summed E-state index contributed by atoms with van der Waals surface area (Å²) in [4.78, 5) is 51.3. The molecule has 1 amide bonds. The number of nitrogens with zero attached hydrogens (tertiary/aromatic N) is 3. The third-order valence-corrected chi connectivity index (χ3v) is 4.48. The third-order valence-electron chi connectivity index (χ3n) is 4.48. The Morgan fingerprint density at radius 3 is 2.48 bits per heavy atom. The average Bonchev–Trinajstić information content (AvgIpc) is 2.71. The molecule has 1 aromatic heterocycles. The van der Waals surface area contributed by atoms with E-state index in [0.29, 0.717) is 6.42 Å². The SMILES string of the molecule is CCCCN(C(=O)COc1ccc([N+](=O)[O-])cc1)c1c(N)n(CC(C)C)c(=O)[nH]c1=O. The molecule has 0 aliphatic rings. The van der Waals surface area contributed by atoms with Gasteiger partial charge in [0.05, 0.1) is 4.92 Å². The Morgan fingerprint density at radius 1 is 1.29 bits per heavy atom. The fraction of sp³-hybridized carbons (Fsp3) is 0.450. The highest BCUT2D eigenvalue weighted by molar-refractivity contribution is 5.96. The number of nitrogens with one attached hydrogen (secondary N) is 1. The van der Waals surface area contributed by atoms with Crippen molar-refractivity contribution in [1.82, 2.24) is 9.55 Å². The number of amides is 1. The molecule has 0 saturated carbocycles. The number of nitro benzene ring substituents is 1. The van der Waals surface area contributed by atoms with Gasteiger partial charge in [-0.15, -0.1) is 0 Å². The molecule has 0 aliphatic carbocycles. The van der Waals surface area contributed by atoms with Gasteiger partial charge in [-0.1, -0.05) is 27.2 Å². The largest absolute Gasteiger partial charge is 0.484 e. The van der Waals surface area contributed by atoms with Gasteiger partial charge in [0.15, 0.2) is 12.3 Å². The van der Waals surface area contributed by atoms with Crippen LogP contribution >= 0.6 is 0 Å². The van der Waals surface area contributed by atoms with Crippen molar-refractivity contribution in [3.8, 4) is 5.75 Å². The summed E-state index contributed by atoms with van der Waals surface area (Å²) in [7, 11) is 0. The van der Waals surface area contributed by atoms with Crippen LogP contribution in [0.4, 0.5) is 17.2 Å². The van der Waals surface area contributed by atoms with Gasteiger partial charge in [-0.2, -0.15) is 0 Å². The van der Waals surface area contributed by atoms with E-state index in [2.05, 4.69) is 4.98 Å². The van der Waals surface area contributed by atoms with Crippen molar-refractivity contribution >= 4 is 23.1 Å². The van der Waals surface area contributed by atoms with E-state index in [-0.39, 0.29) is 41.9 Å². The van der Waals surface area contributed by atoms with Gasteiger partial charge in [0.1, 0.15) is 11.6 Å². The molecule has 0 atom stereocenters. The van der Waals surface area contributed by atoms with E-state index in [9.17, 15) is 24.5 Å². The Bertz CT molecular complexity index is 1040. The highest BCUT2D eigenvalue weighted by Crippen LogP contribution is 2.20. The van der Waals surface area contributed by atoms with E-state index in [4.69, 9.17) is 10.5 Å². The van der Waals surface area contributed by atoms with Gasteiger partial charge in [-0.3, -0.25) is 29.3 Å². The molecule has 0 saturated heterocycles. The van der Waals surface area contributed by atoms with Crippen molar-refractivity contribution in [2.75, 3.05) is 23.8 Å². The predicted octanol–water partition coefficient (Wildman–Crippen LogP) is 1.90. The van der Waals surface area contributed by atoms with Crippen LogP contribution < -0.4 is 26.6 Å². The number of nitrogens with two attached hydrogens (primary N) is 1. The van der Waals surface area contributed by atoms with Gasteiger partial charge in [-0.25, -0.2) is 4.79 Å². The lowest BCUT2D eigenvalue weighted by molar-refractivity contribution is -0.384. The predicted molar refractivity (Wildman–Crippen MR) is 116 cm³/mol. The van der Waals surface area contributed by atoms with E-state index >= 15 is 0 Å². The van der Waals surface area contributed by atoms with E-state index in [1.165, 1.54) is 33.7 Å². The van der Waals surface area contributed by atoms with E-state index in [1.54, 1.807) is 0 Å². The number of benzene rings is 1. The van der Waals surface area contributed by atoms with Gasteiger partial charge in [0.25, 0.3) is 17.2 Å². The van der Waals surface area contributed by atoms with Crippen LogP contribution in [-0.4, -0.2) is 33.5 Å². The monoisotopic (exact) mass is 433 g/mol. The maximum Gasteiger partial charge on any atom is 0.330 e. The number of carbonyl (C=O) groups is 1. The van der Waals surface area contributed by atoms with Crippen LogP contribution in [0.3, 0.4) is 0 Å². The zero-order valence-electron chi connectivity index (χ0n) is 17.8. The lowest BCUT2D eigenvalue weighted by Crippen LogP contribution is -2.43. The van der Waals surface area contributed by atoms with E-state index < -0.39 is 28.7 Å². The van der Waals surface area contributed by atoms with Crippen LogP contribution in [0.2, 0.25) is 0 Å². The third kappa shape index (κ3) is 5.93. The Balaban J connectivity index is 2.32. The van der Waals surface area contributed by atoms with Gasteiger partial charge in [-0.05, 0) is 24.5 Å². The summed E-state index contributed by atoms with van der Waals surface area (Å²) < 4.78 is 6.69. The lowest BCUT2D eigenvalue weighted by Gasteiger charge is -2.25. The molecule has 0 unspecified atom stereocenters. The van der Waals surface area contributed by atoms with Crippen LogP contribution in [0.25, 0.3) is 0 Å². The summed E-state index contributed by atoms with van der Waals surface area (Å²) in [5.41, 5.74) is 4.56. The Morgan fingerprint density at radius 2 is 1.94 bits per heavy atom. The molecule has 31 heavy (non-hydrogen) atoms. The Hall–Kier alpha value is -3.63. The number of hydrogen-bond donors (Lipinski definition) is 2. The minimum Gasteiger partial charge on any atom is -0.484 e. The zero-order valence-corrected chi connectivity index (χ0v) is 17.8. The minimum atomic E-state index is -0.748. The second kappa shape index (κ2) is 10.4. The number of ether oxygens (including phenoxy) is 1. The first-order chi connectivity index (χ1) is 14.6. The van der Waals surface area contributed by atoms with Crippen molar-refractivity contribution in [1.29, 1.82) is 0 Å². The summed E-state index contributed by atoms with van der Waals surface area (Å²) in [5.74, 6) is -0.258. The van der Waals surface area contributed by atoms with Crippen molar-refractivity contribution in [2.45, 2.75) is 40.2 Å². The van der Waals surface area contributed by atoms with Crippen molar-refractivity contribution in [3.63, 3.8) is 0 Å². The fourth-order valence-electron chi connectivity index (χ4n) is 2.95. The number of unbranched alkanes of at least 4 members (excludes halogenated alkanes) is 1. The number of nitrogen functional groups attached to an aromatic ring is 1. The number of H-pyrrole nitrogens is 1. The summed E-state index contributed by atoms with van der Waals surface area (Å²) in [6.07, 6.45) is 1.36. The number of aromatic nitrogens is 2. The topological polar surface area (TPSA) is 154 Å². The number of carbonyl (C=O) groups excluding carboxylic acids is 1. The van der Waals surface area contributed by atoms with Crippen LogP contribution in [0, 0.1) is 16.0 Å². The molecule has 0 bridgehead atoms. The maximum atomic E-state index is 12.9. The molecule has 0 aliphatic heterocycles. The quantitative estimate of drug-likeness (QED) is 0.428. The fourth-order valence-corrected chi connectivity index (χ4v) is 2.95. The Labute approximate surface area is 178 Å². The summed E-state index contributed by atoms with van der Waals surface area (Å²) in [6, 6.07) is 5.29. The highest BCUT2D eigenvalue weighted by Gasteiger charge is 2.24. The van der Waals surface area contributed by atoms with Crippen LogP contribution in [0.15, 0.2) is 33.9 Å². The summed E-state index contributed by atoms with van der Waals surface area (Å²) >= 11 is 0. The lowest BCUT2D eigenvalue weighted by atomic mass is 10.2. The molecule has 1 heterocycles. The molecule has 168 valence electrons. The highest BCUT2D eigenvalue weighted by atomic mass is 16.6. The number of non-ortho nitro benzene ring substituents is 1. The first kappa shape index (κ1) is 23.6. The van der Waals surface area contributed by atoms with Crippen molar-refractivity contribution < 1.29 is 14.5 Å². The van der Waals surface area contributed by atoms with Crippen LogP contribution in [-0.2, 0) is 11.3 Å². The number of nitro groups is 1. The van der Waals surface area contributed by atoms with Gasteiger partial charge >= 0.3 is 5.69 Å². The number of rotatable bonds is 10. The Kier molecular flexibility index (Phi) is 7.94. The van der Waals surface area contributed by atoms with Crippen LogP contribution in [0.1, 0.15) is 33.6 Å². The standard InChI is InChI=1S/C20H27N5O6/c1-4-5-10-23(16(26)12-31-15-8-6-14(7-9-15)25(29)30)17-18(21)24(11-13(2)3)20(28)22-19(17)27/h6-9,13H,4-5,10-12,21H2,1-3H3,(H,22,27,28). The number of aromatic amines is 1. The first-order valence-corrected chi connectivity index (χ1v) is 9.95. The normalized spacial score (nSPS) is 10.8. The van der Waals surface area contributed by atoms with Crippen LogP contribution in [0.5, 0.6) is 5.75 Å². The van der Waals surface area contributed by atoms with Gasteiger partial charge < -0.3 is 15.4 Å². The molecule has 2 rings (SSSR count). The molecular weight excluding hydrogens is 406 g/mol. The maximum absolute atomic E-state index is 12.9. The summed E-state index contributed by atoms with van der Waals surface area (Å²) in [6.45, 7) is 5.81. The molecule has 11 nitrogen and oxygen atoms in total. The molecule has 0 radical (unpaired) electrons. The second-order valence-electron chi connectivity index (χ2n) is 7.44. The smallest absolute Gasteiger partial charge is 0.330 e. The molecule has 2 aromatic rings.